The number of rotatable bonds is 3. The maximum atomic E-state index is 12.5. The molecule has 126 valence electrons. The lowest BCUT2D eigenvalue weighted by molar-refractivity contribution is -0.174. The summed E-state index contributed by atoms with van der Waals surface area (Å²) < 4.78 is 13.7. The van der Waals surface area contributed by atoms with E-state index in [1.165, 1.54) is 0 Å². The number of ether oxygens (including phenoxy) is 2. The second-order valence-electron chi connectivity index (χ2n) is 6.47. The summed E-state index contributed by atoms with van der Waals surface area (Å²) in [6.45, 7) is 1.85. The molecular weight excluding hydrogens is 308 g/mol. The van der Waals surface area contributed by atoms with Crippen molar-refractivity contribution < 1.29 is 14.3 Å². The summed E-state index contributed by atoms with van der Waals surface area (Å²) in [7, 11) is 1.88. The highest BCUT2D eigenvalue weighted by Crippen LogP contribution is 2.36. The number of amides is 1. The van der Waals surface area contributed by atoms with Crippen molar-refractivity contribution in [1.29, 1.82) is 0 Å². The molecule has 2 aliphatic rings. The Morgan fingerprint density at radius 2 is 2.29 bits per heavy atom. The van der Waals surface area contributed by atoms with Crippen LogP contribution in [-0.2, 0) is 11.8 Å². The first kappa shape index (κ1) is 15.1. The van der Waals surface area contributed by atoms with Crippen LogP contribution in [0.3, 0.4) is 0 Å². The number of aryl methyl sites for hydroxylation is 1. The highest BCUT2D eigenvalue weighted by atomic mass is 16.5. The Morgan fingerprint density at radius 1 is 1.42 bits per heavy atom. The Morgan fingerprint density at radius 3 is 3.00 bits per heavy atom. The molecule has 0 bridgehead atoms. The first-order valence-electron chi connectivity index (χ1n) is 8.12. The van der Waals surface area contributed by atoms with E-state index in [4.69, 9.17) is 9.47 Å². The summed E-state index contributed by atoms with van der Waals surface area (Å²) >= 11 is 0. The van der Waals surface area contributed by atoms with Gasteiger partial charge in [-0.25, -0.2) is 4.98 Å². The fourth-order valence-electron chi connectivity index (χ4n) is 3.46. The molecule has 7 nitrogen and oxygen atoms in total. The number of carbonyl (C=O) groups excluding carboxylic acids is 1. The Hall–Kier alpha value is -2.41. The topological polar surface area (TPSA) is 69.5 Å². The third kappa shape index (κ3) is 2.75. The first-order chi connectivity index (χ1) is 11.7. The lowest BCUT2D eigenvalue weighted by atomic mass is 9.84. The van der Waals surface area contributed by atoms with E-state index in [-0.39, 0.29) is 17.6 Å². The molecule has 0 aliphatic carbocycles. The molecule has 0 radical (unpaired) electrons. The predicted molar refractivity (Wildman–Crippen MR) is 85.7 cm³/mol. The van der Waals surface area contributed by atoms with Gasteiger partial charge >= 0.3 is 0 Å². The summed E-state index contributed by atoms with van der Waals surface area (Å²) in [5, 5.41) is 0. The van der Waals surface area contributed by atoms with E-state index < -0.39 is 0 Å². The van der Waals surface area contributed by atoms with Crippen molar-refractivity contribution >= 4 is 5.91 Å². The minimum atomic E-state index is -0.286. The van der Waals surface area contributed by atoms with Gasteiger partial charge in [-0.2, -0.15) is 0 Å². The number of likely N-dealkylation sites (tertiary alicyclic amines) is 1. The van der Waals surface area contributed by atoms with Gasteiger partial charge in [-0.3, -0.25) is 9.78 Å². The molecular formula is C17H20N4O3. The third-order valence-corrected chi connectivity index (χ3v) is 4.68. The summed E-state index contributed by atoms with van der Waals surface area (Å²) in [4.78, 5) is 22.5. The lowest BCUT2D eigenvalue weighted by Crippen LogP contribution is -2.67. The highest BCUT2D eigenvalue weighted by Gasteiger charge is 2.50. The standard InChI is InChI=1S/C17H20N4O3/c1-20-7-2-3-14(20)16(22)21-11-17(12-21)9-13(4-8-23-17)24-15-10-18-5-6-19-15/h2-3,5-7,10,13H,4,8-9,11-12H2,1H3. The average Bonchev–Trinajstić information content (AvgIpc) is 2.99. The molecule has 0 N–H and O–H groups in total. The zero-order chi connectivity index (χ0) is 16.6. The van der Waals surface area contributed by atoms with Gasteiger partial charge in [0, 0.05) is 38.5 Å². The van der Waals surface area contributed by atoms with Crippen molar-refractivity contribution in [2.75, 3.05) is 19.7 Å². The highest BCUT2D eigenvalue weighted by molar-refractivity contribution is 5.93. The summed E-state index contributed by atoms with van der Waals surface area (Å²) in [5.41, 5.74) is 0.416. The maximum absolute atomic E-state index is 12.5. The predicted octanol–water partition coefficient (Wildman–Crippen LogP) is 1.27. The van der Waals surface area contributed by atoms with Crippen LogP contribution in [0.1, 0.15) is 23.3 Å². The zero-order valence-corrected chi connectivity index (χ0v) is 13.6. The first-order valence-corrected chi connectivity index (χ1v) is 8.12. The molecule has 7 heteroatoms. The van der Waals surface area contributed by atoms with Gasteiger partial charge in [-0.1, -0.05) is 0 Å². The molecule has 2 aromatic heterocycles. The van der Waals surface area contributed by atoms with Gasteiger partial charge in [0.15, 0.2) is 0 Å². The van der Waals surface area contributed by atoms with Gasteiger partial charge < -0.3 is 18.9 Å². The van der Waals surface area contributed by atoms with E-state index in [1.807, 2.05) is 34.8 Å². The average molecular weight is 328 g/mol. The molecule has 0 saturated carbocycles. The van der Waals surface area contributed by atoms with Crippen LogP contribution in [0, 0.1) is 0 Å². The second kappa shape index (κ2) is 5.90. The molecule has 1 spiro atoms. The van der Waals surface area contributed by atoms with Crippen molar-refractivity contribution in [3.05, 3.63) is 42.6 Å². The molecule has 2 saturated heterocycles. The minimum Gasteiger partial charge on any atom is -0.473 e. The zero-order valence-electron chi connectivity index (χ0n) is 13.6. The Balaban J connectivity index is 1.37. The number of hydrogen-bond acceptors (Lipinski definition) is 5. The van der Waals surface area contributed by atoms with Gasteiger partial charge in [-0.15, -0.1) is 0 Å². The van der Waals surface area contributed by atoms with Crippen LogP contribution in [0.15, 0.2) is 36.9 Å². The van der Waals surface area contributed by atoms with Gasteiger partial charge in [0.1, 0.15) is 17.4 Å². The molecule has 2 fully saturated rings. The Kier molecular flexibility index (Phi) is 3.72. The van der Waals surface area contributed by atoms with Crippen molar-refractivity contribution in [2.45, 2.75) is 24.5 Å². The van der Waals surface area contributed by atoms with Crippen molar-refractivity contribution in [2.24, 2.45) is 7.05 Å². The van der Waals surface area contributed by atoms with Crippen LogP contribution < -0.4 is 4.74 Å². The minimum absolute atomic E-state index is 0.0442. The molecule has 24 heavy (non-hydrogen) atoms. The van der Waals surface area contributed by atoms with Crippen molar-refractivity contribution in [3.63, 3.8) is 0 Å². The third-order valence-electron chi connectivity index (χ3n) is 4.68. The number of aromatic nitrogens is 3. The van der Waals surface area contributed by atoms with E-state index >= 15 is 0 Å². The van der Waals surface area contributed by atoms with Crippen LogP contribution in [0.4, 0.5) is 0 Å². The molecule has 2 aromatic rings. The smallest absolute Gasteiger partial charge is 0.270 e. The van der Waals surface area contributed by atoms with E-state index in [1.54, 1.807) is 18.6 Å². The fraction of sp³-hybridized carbons (Fsp3) is 0.471. The van der Waals surface area contributed by atoms with Gasteiger partial charge in [0.25, 0.3) is 5.91 Å². The van der Waals surface area contributed by atoms with Gasteiger partial charge in [0.05, 0.1) is 25.9 Å². The van der Waals surface area contributed by atoms with E-state index in [9.17, 15) is 4.79 Å². The fourth-order valence-corrected chi connectivity index (χ4v) is 3.46. The van der Waals surface area contributed by atoms with Gasteiger partial charge in [0.2, 0.25) is 5.88 Å². The van der Waals surface area contributed by atoms with Crippen LogP contribution in [0.25, 0.3) is 0 Å². The molecule has 1 atom stereocenters. The van der Waals surface area contributed by atoms with E-state index in [2.05, 4.69) is 9.97 Å². The SMILES string of the molecule is Cn1cccc1C(=O)N1CC2(CC(Oc3cnccn3)CCO2)C1. The largest absolute Gasteiger partial charge is 0.473 e. The molecule has 4 rings (SSSR count). The molecule has 2 aliphatic heterocycles. The summed E-state index contributed by atoms with van der Waals surface area (Å²) in [5.74, 6) is 0.587. The molecule has 1 unspecified atom stereocenters. The number of nitrogens with zero attached hydrogens (tertiary/aromatic N) is 4. The molecule has 1 amide bonds. The lowest BCUT2D eigenvalue weighted by Gasteiger charge is -2.52. The van der Waals surface area contributed by atoms with E-state index in [0.29, 0.717) is 31.3 Å². The van der Waals surface area contributed by atoms with Gasteiger partial charge in [-0.05, 0) is 12.1 Å². The quantitative estimate of drug-likeness (QED) is 0.849. The van der Waals surface area contributed by atoms with Crippen LogP contribution in [-0.4, -0.2) is 56.7 Å². The van der Waals surface area contributed by atoms with Crippen molar-refractivity contribution in [3.8, 4) is 5.88 Å². The van der Waals surface area contributed by atoms with E-state index in [0.717, 1.165) is 12.8 Å². The summed E-state index contributed by atoms with van der Waals surface area (Å²) in [6.07, 6.45) is 8.37. The molecule has 0 aromatic carbocycles. The van der Waals surface area contributed by atoms with Crippen LogP contribution >= 0.6 is 0 Å². The Labute approximate surface area is 140 Å². The maximum Gasteiger partial charge on any atom is 0.270 e. The normalized spacial score (nSPS) is 22.2. The van der Waals surface area contributed by atoms with Crippen LogP contribution in [0.2, 0.25) is 0 Å². The summed E-state index contributed by atoms with van der Waals surface area (Å²) in [6, 6.07) is 3.72. The second-order valence-corrected chi connectivity index (χ2v) is 6.47. The number of hydrogen-bond donors (Lipinski definition) is 0. The molecule has 4 heterocycles. The van der Waals surface area contributed by atoms with Crippen molar-refractivity contribution in [1.82, 2.24) is 19.4 Å². The monoisotopic (exact) mass is 328 g/mol. The Bertz CT molecular complexity index is 724. The van der Waals surface area contributed by atoms with Crippen LogP contribution in [0.5, 0.6) is 5.88 Å². The number of carbonyl (C=O) groups is 1.